The third-order valence-corrected chi connectivity index (χ3v) is 5.05. The van der Waals surface area contributed by atoms with Crippen LogP contribution in [0, 0.1) is 5.41 Å². The standard InChI is InChI=1S/C23H28Cl2O2/c1-15(26)27-21-10-8-18(23(5,6)14-22(2,3)4)12-17(21)11-16-7-9-19(24)13-20(16)25/h7-10,12-13H,11,14H2,1-6H3. The Morgan fingerprint density at radius 2 is 1.63 bits per heavy atom. The summed E-state index contributed by atoms with van der Waals surface area (Å²) in [6.07, 6.45) is 1.60. The van der Waals surface area contributed by atoms with E-state index in [9.17, 15) is 4.79 Å². The summed E-state index contributed by atoms with van der Waals surface area (Å²) in [5.74, 6) is 0.240. The molecule has 146 valence electrons. The van der Waals surface area contributed by atoms with Crippen LogP contribution in [0.4, 0.5) is 0 Å². The fourth-order valence-electron chi connectivity index (χ4n) is 3.69. The highest BCUT2D eigenvalue weighted by molar-refractivity contribution is 6.35. The van der Waals surface area contributed by atoms with Gasteiger partial charge in [0.15, 0.2) is 0 Å². The van der Waals surface area contributed by atoms with Gasteiger partial charge < -0.3 is 4.74 Å². The van der Waals surface area contributed by atoms with Crippen LogP contribution in [0.5, 0.6) is 5.75 Å². The molecule has 0 radical (unpaired) electrons. The first-order valence-corrected chi connectivity index (χ1v) is 9.89. The van der Waals surface area contributed by atoms with Crippen LogP contribution in [0.15, 0.2) is 36.4 Å². The SMILES string of the molecule is CC(=O)Oc1ccc(C(C)(C)CC(C)(C)C)cc1Cc1ccc(Cl)cc1Cl. The molecule has 0 fully saturated rings. The Morgan fingerprint density at radius 3 is 2.19 bits per heavy atom. The molecule has 0 saturated carbocycles. The number of ether oxygens (including phenoxy) is 1. The molecule has 2 aromatic carbocycles. The van der Waals surface area contributed by atoms with Crippen LogP contribution in [-0.4, -0.2) is 5.97 Å². The van der Waals surface area contributed by atoms with E-state index in [1.54, 1.807) is 6.07 Å². The van der Waals surface area contributed by atoms with Gasteiger partial charge in [-0.3, -0.25) is 4.79 Å². The molecule has 0 spiro atoms. The minimum Gasteiger partial charge on any atom is -0.426 e. The zero-order valence-corrected chi connectivity index (χ0v) is 18.5. The fraction of sp³-hybridized carbons (Fsp3) is 0.435. The van der Waals surface area contributed by atoms with Crippen molar-refractivity contribution in [2.75, 3.05) is 0 Å². The topological polar surface area (TPSA) is 26.3 Å². The highest BCUT2D eigenvalue weighted by Crippen LogP contribution is 2.38. The van der Waals surface area contributed by atoms with Gasteiger partial charge in [-0.25, -0.2) is 0 Å². The smallest absolute Gasteiger partial charge is 0.308 e. The average molecular weight is 407 g/mol. The summed E-state index contributed by atoms with van der Waals surface area (Å²) in [5, 5.41) is 1.21. The van der Waals surface area contributed by atoms with Crippen LogP contribution in [-0.2, 0) is 16.6 Å². The van der Waals surface area contributed by atoms with E-state index in [0.29, 0.717) is 22.2 Å². The van der Waals surface area contributed by atoms with Crippen LogP contribution in [0.25, 0.3) is 0 Å². The van der Waals surface area contributed by atoms with Crippen molar-refractivity contribution in [1.29, 1.82) is 0 Å². The number of carbonyl (C=O) groups excluding carboxylic acids is 1. The van der Waals surface area contributed by atoms with E-state index in [0.717, 1.165) is 17.5 Å². The predicted molar refractivity (Wildman–Crippen MR) is 114 cm³/mol. The number of esters is 1. The molecule has 4 heteroatoms. The molecular weight excluding hydrogens is 379 g/mol. The van der Waals surface area contributed by atoms with Crippen molar-refractivity contribution in [2.24, 2.45) is 5.41 Å². The summed E-state index contributed by atoms with van der Waals surface area (Å²) in [7, 11) is 0. The number of hydrogen-bond donors (Lipinski definition) is 0. The fourth-order valence-corrected chi connectivity index (χ4v) is 4.17. The van der Waals surface area contributed by atoms with Crippen LogP contribution in [0.3, 0.4) is 0 Å². The molecule has 0 amide bonds. The van der Waals surface area contributed by atoms with Crippen molar-refractivity contribution >= 4 is 29.2 Å². The van der Waals surface area contributed by atoms with Crippen LogP contribution in [0.1, 0.15) is 64.7 Å². The van der Waals surface area contributed by atoms with E-state index in [1.165, 1.54) is 12.5 Å². The number of benzene rings is 2. The highest BCUT2D eigenvalue weighted by Gasteiger charge is 2.28. The number of carbonyl (C=O) groups is 1. The first-order chi connectivity index (χ1) is 12.4. The Balaban J connectivity index is 2.46. The summed E-state index contributed by atoms with van der Waals surface area (Å²) < 4.78 is 5.44. The maximum atomic E-state index is 11.5. The summed E-state index contributed by atoms with van der Waals surface area (Å²) in [5.41, 5.74) is 3.30. The summed E-state index contributed by atoms with van der Waals surface area (Å²) in [4.78, 5) is 11.5. The molecule has 0 aliphatic carbocycles. The largest absolute Gasteiger partial charge is 0.426 e. The van der Waals surface area contributed by atoms with Crippen molar-refractivity contribution in [3.8, 4) is 5.75 Å². The van der Waals surface area contributed by atoms with Gasteiger partial charge in [-0.05, 0) is 52.1 Å². The van der Waals surface area contributed by atoms with E-state index in [-0.39, 0.29) is 16.8 Å². The third kappa shape index (κ3) is 6.26. The Bertz CT molecular complexity index is 833. The lowest BCUT2D eigenvalue weighted by atomic mass is 9.72. The maximum absolute atomic E-state index is 11.5. The first kappa shape index (κ1) is 21.8. The Kier molecular flexibility index (Phi) is 6.65. The molecule has 0 atom stereocenters. The normalized spacial score (nSPS) is 12.1. The summed E-state index contributed by atoms with van der Waals surface area (Å²) >= 11 is 12.4. The zero-order chi connectivity index (χ0) is 20.4. The Morgan fingerprint density at radius 1 is 0.963 bits per heavy atom. The molecule has 27 heavy (non-hydrogen) atoms. The van der Waals surface area contributed by atoms with E-state index in [4.69, 9.17) is 27.9 Å². The van der Waals surface area contributed by atoms with Crippen molar-refractivity contribution in [1.82, 2.24) is 0 Å². The number of hydrogen-bond acceptors (Lipinski definition) is 2. The Labute approximate surface area is 172 Å². The highest BCUT2D eigenvalue weighted by atomic mass is 35.5. The van der Waals surface area contributed by atoms with Gasteiger partial charge in [0.2, 0.25) is 0 Å². The molecule has 0 aliphatic heterocycles. The van der Waals surface area contributed by atoms with Crippen LogP contribution < -0.4 is 4.74 Å². The lowest BCUT2D eigenvalue weighted by Crippen LogP contribution is -2.25. The van der Waals surface area contributed by atoms with Gasteiger partial charge in [0.25, 0.3) is 0 Å². The third-order valence-electron chi connectivity index (χ3n) is 4.46. The second-order valence-corrected chi connectivity index (χ2v) is 9.79. The zero-order valence-electron chi connectivity index (χ0n) is 17.0. The molecule has 0 aromatic heterocycles. The second kappa shape index (κ2) is 8.24. The van der Waals surface area contributed by atoms with Crippen molar-refractivity contribution in [3.05, 3.63) is 63.1 Å². The van der Waals surface area contributed by atoms with E-state index < -0.39 is 0 Å². The van der Waals surface area contributed by atoms with Crippen LogP contribution in [0.2, 0.25) is 10.0 Å². The van der Waals surface area contributed by atoms with Gasteiger partial charge >= 0.3 is 5.97 Å². The first-order valence-electron chi connectivity index (χ1n) is 9.13. The van der Waals surface area contributed by atoms with E-state index in [1.807, 2.05) is 18.2 Å². The molecule has 0 unspecified atom stereocenters. The van der Waals surface area contributed by atoms with Crippen LogP contribution >= 0.6 is 23.2 Å². The molecule has 0 N–H and O–H groups in total. The average Bonchev–Trinajstić information content (AvgIpc) is 2.48. The number of rotatable bonds is 5. The molecule has 0 aliphatic rings. The van der Waals surface area contributed by atoms with Crippen molar-refractivity contribution in [2.45, 2.75) is 59.8 Å². The molecular formula is C23H28Cl2O2. The lowest BCUT2D eigenvalue weighted by Gasteiger charge is -2.33. The van der Waals surface area contributed by atoms with Crippen molar-refractivity contribution < 1.29 is 9.53 Å². The Hall–Kier alpha value is -1.51. The molecule has 2 nitrogen and oxygen atoms in total. The van der Waals surface area contributed by atoms with E-state index >= 15 is 0 Å². The van der Waals surface area contributed by atoms with Gasteiger partial charge in [0, 0.05) is 23.4 Å². The quantitative estimate of drug-likeness (QED) is 0.386. The molecule has 2 aromatic rings. The monoisotopic (exact) mass is 406 g/mol. The summed E-state index contributed by atoms with van der Waals surface area (Å²) in [6.45, 7) is 12.6. The van der Waals surface area contributed by atoms with Gasteiger partial charge in [-0.15, -0.1) is 0 Å². The van der Waals surface area contributed by atoms with E-state index in [2.05, 4.69) is 46.8 Å². The lowest BCUT2D eigenvalue weighted by molar-refractivity contribution is -0.131. The molecule has 0 saturated heterocycles. The predicted octanol–water partition coefficient (Wildman–Crippen LogP) is 7.22. The number of halogens is 2. The molecule has 2 rings (SSSR count). The molecule has 0 bridgehead atoms. The van der Waals surface area contributed by atoms with Gasteiger partial charge in [0.1, 0.15) is 5.75 Å². The minimum absolute atomic E-state index is 0.00839. The van der Waals surface area contributed by atoms with Crippen molar-refractivity contribution in [3.63, 3.8) is 0 Å². The second-order valence-electron chi connectivity index (χ2n) is 8.95. The molecule has 0 heterocycles. The van der Waals surface area contributed by atoms with Gasteiger partial charge in [-0.1, -0.05) is 76.0 Å². The van der Waals surface area contributed by atoms with Gasteiger partial charge in [0.05, 0.1) is 0 Å². The van der Waals surface area contributed by atoms with Gasteiger partial charge in [-0.2, -0.15) is 0 Å². The minimum atomic E-state index is -0.333. The maximum Gasteiger partial charge on any atom is 0.308 e. The summed E-state index contributed by atoms with van der Waals surface area (Å²) in [6, 6.07) is 11.5.